The van der Waals surface area contributed by atoms with Crippen LogP contribution < -0.4 is 5.32 Å². The van der Waals surface area contributed by atoms with Crippen LogP contribution in [0.1, 0.15) is 6.92 Å². The summed E-state index contributed by atoms with van der Waals surface area (Å²) in [4.78, 5) is 16.7. The number of benzene rings is 1. The van der Waals surface area contributed by atoms with Crippen LogP contribution in [-0.4, -0.2) is 47.4 Å². The molecule has 0 saturated carbocycles. The molecule has 1 N–H and O–H groups in total. The molecular weight excluding hydrogens is 294 g/mol. The Morgan fingerprint density at radius 2 is 2.22 bits per heavy atom. The summed E-state index contributed by atoms with van der Waals surface area (Å²) in [6.45, 7) is 3.79. The lowest BCUT2D eigenvalue weighted by molar-refractivity contribution is -0.123. The first-order valence-electron chi connectivity index (χ1n) is 7.83. The van der Waals surface area contributed by atoms with Crippen LogP contribution in [0.15, 0.2) is 42.7 Å². The number of rotatable bonds is 6. The van der Waals surface area contributed by atoms with Gasteiger partial charge in [-0.15, -0.1) is 0 Å². The molecule has 0 aliphatic carbocycles. The van der Waals surface area contributed by atoms with Crippen molar-refractivity contribution < 1.29 is 14.3 Å². The summed E-state index contributed by atoms with van der Waals surface area (Å²) < 4.78 is 12.8. The van der Waals surface area contributed by atoms with Gasteiger partial charge in [0, 0.05) is 24.6 Å². The minimum Gasteiger partial charge on any atom is -0.376 e. The highest BCUT2D eigenvalue weighted by Crippen LogP contribution is 2.16. The Labute approximate surface area is 135 Å². The summed E-state index contributed by atoms with van der Waals surface area (Å²) in [6, 6.07) is 9.73. The molecule has 1 aromatic carbocycles. The van der Waals surface area contributed by atoms with Crippen LogP contribution >= 0.6 is 0 Å². The Balaban J connectivity index is 1.64. The third kappa shape index (κ3) is 3.78. The highest BCUT2D eigenvalue weighted by molar-refractivity contribution is 5.77. The molecule has 6 nitrogen and oxygen atoms in total. The van der Waals surface area contributed by atoms with Crippen molar-refractivity contribution in [3.8, 4) is 11.4 Å². The number of aromatic nitrogens is 2. The fourth-order valence-corrected chi connectivity index (χ4v) is 2.74. The molecule has 1 saturated heterocycles. The molecule has 1 aromatic heterocycles. The fourth-order valence-electron chi connectivity index (χ4n) is 2.74. The van der Waals surface area contributed by atoms with Crippen molar-refractivity contribution in [3.63, 3.8) is 0 Å². The van der Waals surface area contributed by atoms with Gasteiger partial charge >= 0.3 is 0 Å². The van der Waals surface area contributed by atoms with Crippen molar-refractivity contribution in [2.45, 2.75) is 25.6 Å². The molecule has 0 unspecified atom stereocenters. The van der Waals surface area contributed by atoms with E-state index in [0.29, 0.717) is 19.8 Å². The Morgan fingerprint density at radius 1 is 1.39 bits per heavy atom. The second-order valence-corrected chi connectivity index (χ2v) is 5.45. The van der Waals surface area contributed by atoms with Crippen molar-refractivity contribution >= 4 is 5.91 Å². The van der Waals surface area contributed by atoms with Gasteiger partial charge in [-0.25, -0.2) is 4.98 Å². The smallest absolute Gasteiger partial charge is 0.240 e. The normalized spacial score (nSPS) is 20.6. The van der Waals surface area contributed by atoms with Crippen LogP contribution in [0.2, 0.25) is 0 Å². The first kappa shape index (κ1) is 15.7. The number of ether oxygens (including phenoxy) is 2. The summed E-state index contributed by atoms with van der Waals surface area (Å²) >= 11 is 0. The number of carbonyl (C=O) groups excluding carboxylic acids is 1. The Kier molecular flexibility index (Phi) is 5.05. The zero-order chi connectivity index (χ0) is 16.1. The number of nitrogens with one attached hydrogen (secondary N) is 1. The molecule has 0 spiro atoms. The van der Waals surface area contributed by atoms with Crippen LogP contribution in [0.4, 0.5) is 0 Å². The van der Waals surface area contributed by atoms with E-state index in [9.17, 15) is 4.79 Å². The molecule has 2 atom stereocenters. The number of carbonyl (C=O) groups is 1. The van der Waals surface area contributed by atoms with Crippen molar-refractivity contribution in [1.29, 1.82) is 0 Å². The van der Waals surface area contributed by atoms with Crippen LogP contribution in [0, 0.1) is 0 Å². The summed E-state index contributed by atoms with van der Waals surface area (Å²) in [7, 11) is 0. The predicted octanol–water partition coefficient (Wildman–Crippen LogP) is 1.47. The van der Waals surface area contributed by atoms with Gasteiger partial charge in [0.2, 0.25) is 5.91 Å². The number of imidazole rings is 1. The van der Waals surface area contributed by atoms with Gasteiger partial charge in [0.25, 0.3) is 0 Å². The second-order valence-electron chi connectivity index (χ2n) is 5.45. The Bertz CT molecular complexity index is 642. The molecule has 1 amide bonds. The number of amides is 1. The van der Waals surface area contributed by atoms with Gasteiger partial charge in [-0.05, 0) is 6.92 Å². The molecule has 3 rings (SSSR count). The third-order valence-electron chi connectivity index (χ3n) is 3.82. The van der Waals surface area contributed by atoms with E-state index in [-0.39, 0.29) is 24.6 Å². The average molecular weight is 315 g/mol. The van der Waals surface area contributed by atoms with E-state index in [2.05, 4.69) is 10.3 Å². The first-order valence-corrected chi connectivity index (χ1v) is 7.83. The maximum Gasteiger partial charge on any atom is 0.240 e. The molecule has 6 heteroatoms. The van der Waals surface area contributed by atoms with Crippen molar-refractivity contribution in [1.82, 2.24) is 14.9 Å². The van der Waals surface area contributed by atoms with Gasteiger partial charge in [-0.1, -0.05) is 30.3 Å². The topological polar surface area (TPSA) is 65.4 Å². The summed E-state index contributed by atoms with van der Waals surface area (Å²) in [5.74, 6) is 0.713. The molecule has 2 heterocycles. The first-order chi connectivity index (χ1) is 11.3. The lowest BCUT2D eigenvalue weighted by atomic mass is 10.2. The fraction of sp³-hybridized carbons (Fsp3) is 0.412. The zero-order valence-electron chi connectivity index (χ0n) is 13.1. The van der Waals surface area contributed by atoms with Gasteiger partial charge in [0.1, 0.15) is 18.5 Å². The minimum atomic E-state index is -0.0915. The Hall–Kier alpha value is -2.18. The number of hydrogen-bond acceptors (Lipinski definition) is 4. The van der Waals surface area contributed by atoms with Gasteiger partial charge in [0.05, 0.1) is 19.3 Å². The van der Waals surface area contributed by atoms with E-state index in [1.807, 2.05) is 48.0 Å². The van der Waals surface area contributed by atoms with Crippen molar-refractivity contribution in [2.75, 3.05) is 19.8 Å². The highest BCUT2D eigenvalue weighted by Gasteiger charge is 2.30. The van der Waals surface area contributed by atoms with Gasteiger partial charge in [0.15, 0.2) is 0 Å². The molecular formula is C17H21N3O3. The van der Waals surface area contributed by atoms with Crippen LogP contribution in [0.3, 0.4) is 0 Å². The summed E-state index contributed by atoms with van der Waals surface area (Å²) in [5.41, 5.74) is 0.988. The lowest BCUT2D eigenvalue weighted by Crippen LogP contribution is -2.45. The predicted molar refractivity (Wildman–Crippen MR) is 85.8 cm³/mol. The molecule has 122 valence electrons. The summed E-state index contributed by atoms with van der Waals surface area (Å²) in [6.07, 6.45) is 3.45. The van der Waals surface area contributed by atoms with Crippen LogP contribution in [0.25, 0.3) is 11.4 Å². The highest BCUT2D eigenvalue weighted by atomic mass is 16.5. The van der Waals surface area contributed by atoms with E-state index in [1.54, 1.807) is 6.20 Å². The van der Waals surface area contributed by atoms with Gasteiger partial charge < -0.3 is 19.4 Å². The monoisotopic (exact) mass is 315 g/mol. The largest absolute Gasteiger partial charge is 0.376 e. The van der Waals surface area contributed by atoms with Gasteiger partial charge in [-0.2, -0.15) is 0 Å². The standard InChI is InChI=1S/C17H21N3O3/c1-2-23-15-12-22-11-14(15)19-16(21)10-20-9-8-18-17(20)13-6-4-3-5-7-13/h3-9,14-15H,2,10-12H2,1H3,(H,19,21)/t14-,15-/m1/s1. The van der Waals surface area contributed by atoms with E-state index in [1.165, 1.54) is 0 Å². The molecule has 1 aliphatic heterocycles. The molecule has 0 radical (unpaired) electrons. The average Bonchev–Trinajstić information content (AvgIpc) is 3.18. The number of nitrogens with zero attached hydrogens (tertiary/aromatic N) is 2. The van der Waals surface area contributed by atoms with Crippen molar-refractivity contribution in [3.05, 3.63) is 42.7 Å². The van der Waals surface area contributed by atoms with Gasteiger partial charge in [-0.3, -0.25) is 4.79 Å². The lowest BCUT2D eigenvalue weighted by Gasteiger charge is -2.19. The van der Waals surface area contributed by atoms with E-state index < -0.39 is 0 Å². The van der Waals surface area contributed by atoms with E-state index in [0.717, 1.165) is 11.4 Å². The number of hydrogen-bond donors (Lipinski definition) is 1. The third-order valence-corrected chi connectivity index (χ3v) is 3.82. The van der Waals surface area contributed by atoms with Crippen molar-refractivity contribution in [2.24, 2.45) is 0 Å². The maximum absolute atomic E-state index is 12.3. The minimum absolute atomic E-state index is 0.0691. The van der Waals surface area contributed by atoms with Crippen LogP contribution in [0.5, 0.6) is 0 Å². The molecule has 2 aromatic rings. The summed E-state index contributed by atoms with van der Waals surface area (Å²) in [5, 5.41) is 2.99. The molecule has 1 fully saturated rings. The Morgan fingerprint density at radius 3 is 3.00 bits per heavy atom. The van der Waals surface area contributed by atoms with E-state index in [4.69, 9.17) is 9.47 Å². The van der Waals surface area contributed by atoms with E-state index >= 15 is 0 Å². The molecule has 1 aliphatic rings. The molecule has 23 heavy (non-hydrogen) atoms. The quantitative estimate of drug-likeness (QED) is 0.877. The second kappa shape index (κ2) is 7.39. The maximum atomic E-state index is 12.3. The zero-order valence-corrected chi connectivity index (χ0v) is 13.1. The SMILES string of the molecule is CCO[C@@H]1COC[C@H]1NC(=O)Cn1ccnc1-c1ccccc1. The molecule has 0 bridgehead atoms. The van der Waals surface area contributed by atoms with Crippen LogP contribution in [-0.2, 0) is 20.8 Å².